The monoisotopic (exact) mass is 261 g/mol. The number of carbonyl (C=O) groups excluding carboxylic acids is 1. The number of carbonyl (C=O) groups is 1. The number of aryl methyl sites for hydroxylation is 1. The minimum absolute atomic E-state index is 0.151. The third-order valence-electron chi connectivity index (χ3n) is 2.08. The van der Waals surface area contributed by atoms with Gasteiger partial charge in [-0.25, -0.2) is 8.42 Å². The van der Waals surface area contributed by atoms with Crippen molar-refractivity contribution in [2.45, 2.75) is 11.8 Å². The molecule has 0 aliphatic carbocycles. The van der Waals surface area contributed by atoms with Gasteiger partial charge < -0.3 is 0 Å². The molecule has 0 aromatic heterocycles. The lowest BCUT2D eigenvalue weighted by atomic mass is 10.2. The molecule has 0 spiro atoms. The Hall–Kier alpha value is -0.910. The summed E-state index contributed by atoms with van der Waals surface area (Å²) in [4.78, 5) is 10.8. The van der Waals surface area contributed by atoms with E-state index in [4.69, 9.17) is 11.6 Å². The maximum Gasteiger partial charge on any atom is 0.243 e. The average Bonchev–Trinajstić information content (AvgIpc) is 2.17. The van der Waals surface area contributed by atoms with E-state index in [0.29, 0.717) is 0 Å². The van der Waals surface area contributed by atoms with E-state index in [9.17, 15) is 13.2 Å². The minimum atomic E-state index is -3.62. The summed E-state index contributed by atoms with van der Waals surface area (Å²) < 4.78 is 24.7. The number of nitrogens with zero attached hydrogens (tertiary/aromatic N) is 1. The van der Waals surface area contributed by atoms with Gasteiger partial charge in [0.2, 0.25) is 15.3 Å². The fourth-order valence-electron chi connectivity index (χ4n) is 1.15. The second-order valence-electron chi connectivity index (χ2n) is 3.43. The molecule has 0 bridgehead atoms. The first kappa shape index (κ1) is 13.2. The first-order valence-corrected chi connectivity index (χ1v) is 6.37. The highest BCUT2D eigenvalue weighted by atomic mass is 35.5. The first-order chi connectivity index (χ1) is 7.34. The average molecular weight is 262 g/mol. The summed E-state index contributed by atoms with van der Waals surface area (Å²) in [7, 11) is -2.31. The van der Waals surface area contributed by atoms with Crippen LogP contribution in [0.5, 0.6) is 0 Å². The number of sulfonamides is 1. The Morgan fingerprint density at radius 1 is 1.31 bits per heavy atom. The van der Waals surface area contributed by atoms with Crippen molar-refractivity contribution in [3.8, 4) is 0 Å². The highest BCUT2D eigenvalue weighted by molar-refractivity contribution is 7.89. The molecule has 1 rings (SSSR count). The molecule has 0 atom stereocenters. The second kappa shape index (κ2) is 4.95. The number of hydrogen-bond donors (Lipinski definition) is 0. The van der Waals surface area contributed by atoms with Crippen molar-refractivity contribution in [2.24, 2.45) is 0 Å². The topological polar surface area (TPSA) is 54.5 Å². The molecule has 0 aliphatic rings. The number of benzene rings is 1. The van der Waals surface area contributed by atoms with Crippen LogP contribution >= 0.6 is 11.6 Å². The zero-order valence-electron chi connectivity index (χ0n) is 8.97. The van der Waals surface area contributed by atoms with Crippen molar-refractivity contribution < 1.29 is 13.2 Å². The van der Waals surface area contributed by atoms with Crippen molar-refractivity contribution in [1.82, 2.24) is 4.31 Å². The standard InChI is InChI=1S/C10H12ClNO3S/c1-8-3-5-9(6-4-8)16(14,15)12(2)7-10(11)13/h3-6H,7H2,1-2H3. The van der Waals surface area contributed by atoms with Crippen molar-refractivity contribution >= 4 is 26.9 Å². The lowest BCUT2D eigenvalue weighted by Crippen LogP contribution is -2.30. The quantitative estimate of drug-likeness (QED) is 0.770. The van der Waals surface area contributed by atoms with Crippen LogP contribution in [0.1, 0.15) is 5.56 Å². The summed E-state index contributed by atoms with van der Waals surface area (Å²) in [5.41, 5.74) is 0.968. The van der Waals surface area contributed by atoms with Crippen molar-refractivity contribution in [3.05, 3.63) is 29.8 Å². The third kappa shape index (κ3) is 3.04. The molecule has 4 nitrogen and oxygen atoms in total. The van der Waals surface area contributed by atoms with E-state index in [2.05, 4.69) is 0 Å². The van der Waals surface area contributed by atoms with E-state index in [1.54, 1.807) is 12.1 Å². The van der Waals surface area contributed by atoms with Gasteiger partial charge in [-0.2, -0.15) is 4.31 Å². The molecule has 16 heavy (non-hydrogen) atoms. The number of rotatable bonds is 4. The van der Waals surface area contributed by atoms with Gasteiger partial charge in [0.1, 0.15) is 0 Å². The van der Waals surface area contributed by atoms with E-state index in [1.165, 1.54) is 19.2 Å². The molecule has 0 N–H and O–H groups in total. The van der Waals surface area contributed by atoms with Crippen LogP contribution in [-0.2, 0) is 14.8 Å². The fraction of sp³-hybridized carbons (Fsp3) is 0.300. The van der Waals surface area contributed by atoms with Gasteiger partial charge in [0.15, 0.2) is 0 Å². The third-order valence-corrected chi connectivity index (χ3v) is 4.01. The Kier molecular flexibility index (Phi) is 4.07. The molecule has 1 aromatic rings. The van der Waals surface area contributed by atoms with Gasteiger partial charge in [-0.3, -0.25) is 4.79 Å². The van der Waals surface area contributed by atoms with Crippen molar-refractivity contribution in [1.29, 1.82) is 0 Å². The summed E-state index contributed by atoms with van der Waals surface area (Å²) in [5, 5.41) is -0.710. The van der Waals surface area contributed by atoms with Crippen LogP contribution in [0.3, 0.4) is 0 Å². The normalized spacial score (nSPS) is 11.8. The van der Waals surface area contributed by atoms with Gasteiger partial charge >= 0.3 is 0 Å². The van der Waals surface area contributed by atoms with Gasteiger partial charge in [-0.05, 0) is 30.7 Å². The molecule has 0 fully saturated rings. The van der Waals surface area contributed by atoms with Gasteiger partial charge in [-0.15, -0.1) is 0 Å². The summed E-state index contributed by atoms with van der Waals surface area (Å²) in [6.07, 6.45) is 0. The van der Waals surface area contributed by atoms with E-state index < -0.39 is 15.3 Å². The van der Waals surface area contributed by atoms with Crippen LogP contribution in [0.2, 0.25) is 0 Å². The number of hydrogen-bond acceptors (Lipinski definition) is 3. The van der Waals surface area contributed by atoms with E-state index >= 15 is 0 Å². The first-order valence-electron chi connectivity index (χ1n) is 4.55. The van der Waals surface area contributed by atoms with Crippen LogP contribution in [0.4, 0.5) is 0 Å². The smallest absolute Gasteiger partial charge is 0.243 e. The summed E-state index contributed by atoms with van der Waals surface area (Å²) in [5.74, 6) is 0. The predicted molar refractivity (Wildman–Crippen MR) is 61.9 cm³/mol. The maximum absolute atomic E-state index is 11.9. The van der Waals surface area contributed by atoms with Crippen molar-refractivity contribution in [3.63, 3.8) is 0 Å². The molecule has 1 aromatic carbocycles. The van der Waals surface area contributed by atoms with E-state index in [-0.39, 0.29) is 11.4 Å². The molecule has 0 amide bonds. The fourth-order valence-corrected chi connectivity index (χ4v) is 2.53. The summed E-state index contributed by atoms with van der Waals surface area (Å²) in [6.45, 7) is 1.53. The van der Waals surface area contributed by atoms with Gasteiger partial charge in [-0.1, -0.05) is 17.7 Å². The number of likely N-dealkylation sites (N-methyl/N-ethyl adjacent to an activating group) is 1. The van der Waals surface area contributed by atoms with E-state index in [0.717, 1.165) is 9.87 Å². The predicted octanol–water partition coefficient (Wildman–Crippen LogP) is 1.38. The Morgan fingerprint density at radius 3 is 2.25 bits per heavy atom. The molecule has 0 aliphatic heterocycles. The van der Waals surface area contributed by atoms with Crippen LogP contribution in [0, 0.1) is 6.92 Å². The van der Waals surface area contributed by atoms with Crippen LogP contribution in [0.15, 0.2) is 29.2 Å². The zero-order valence-corrected chi connectivity index (χ0v) is 10.5. The molecular weight excluding hydrogens is 250 g/mol. The van der Waals surface area contributed by atoms with Crippen LogP contribution < -0.4 is 0 Å². The molecule has 0 radical (unpaired) electrons. The molecule has 6 heteroatoms. The maximum atomic E-state index is 11.9. The number of halogens is 1. The van der Waals surface area contributed by atoms with Gasteiger partial charge in [0.25, 0.3) is 0 Å². The SMILES string of the molecule is Cc1ccc(S(=O)(=O)N(C)CC(=O)Cl)cc1. The highest BCUT2D eigenvalue weighted by Gasteiger charge is 2.21. The summed E-state index contributed by atoms with van der Waals surface area (Å²) in [6, 6.07) is 6.40. The van der Waals surface area contributed by atoms with Crippen molar-refractivity contribution in [2.75, 3.05) is 13.6 Å². The Bertz CT molecular complexity index is 481. The Morgan fingerprint density at radius 2 is 1.81 bits per heavy atom. The molecule has 0 saturated heterocycles. The lowest BCUT2D eigenvalue weighted by Gasteiger charge is -2.14. The molecule has 88 valence electrons. The van der Waals surface area contributed by atoms with Gasteiger partial charge in [0, 0.05) is 7.05 Å². The molecule has 0 heterocycles. The zero-order chi connectivity index (χ0) is 12.3. The lowest BCUT2D eigenvalue weighted by molar-refractivity contribution is -0.111. The second-order valence-corrected chi connectivity index (χ2v) is 5.90. The highest BCUT2D eigenvalue weighted by Crippen LogP contribution is 2.14. The minimum Gasteiger partial charge on any atom is -0.280 e. The van der Waals surface area contributed by atoms with E-state index in [1.807, 2.05) is 6.92 Å². The largest absolute Gasteiger partial charge is 0.280 e. The van der Waals surface area contributed by atoms with Gasteiger partial charge in [0.05, 0.1) is 11.4 Å². The summed E-state index contributed by atoms with van der Waals surface area (Å²) >= 11 is 5.15. The Balaban J connectivity index is 3.02. The van der Waals surface area contributed by atoms with Crippen LogP contribution in [0.25, 0.3) is 0 Å². The van der Waals surface area contributed by atoms with Crippen LogP contribution in [-0.4, -0.2) is 31.6 Å². The Labute approximate surface area is 99.9 Å². The molecule has 0 unspecified atom stereocenters. The molecule has 0 saturated carbocycles. The molecular formula is C10H12ClNO3S.